The highest BCUT2D eigenvalue weighted by molar-refractivity contribution is 5.97. The molecule has 1 unspecified atom stereocenters. The zero-order valence-corrected chi connectivity index (χ0v) is 18.4. The Morgan fingerprint density at radius 3 is 2.20 bits per heavy atom. The van der Waals surface area contributed by atoms with Gasteiger partial charge in [0.25, 0.3) is 5.91 Å². The first-order chi connectivity index (χ1) is 16.4. The third kappa shape index (κ3) is 5.29. The van der Waals surface area contributed by atoms with E-state index >= 15 is 0 Å². The molecule has 2 atom stereocenters. The average molecular weight is 504 g/mol. The van der Waals surface area contributed by atoms with Crippen molar-refractivity contribution in [2.75, 3.05) is 31.2 Å². The standard InChI is InChI=1S/C23H23F7N4O/c24-19-6-2-1-5-18(19)20(33-9-8-32-7-3-4-16(32)13-33)21(35)34(31)17-11-14(22(25,26)27)10-15(12-17)23(28,29)30/h1-2,5-6,10-12,16,20H,3-4,7-9,13,31H2/t16-,20?/m1/s1. The van der Waals surface area contributed by atoms with Crippen molar-refractivity contribution in [3.63, 3.8) is 0 Å². The van der Waals surface area contributed by atoms with Crippen LogP contribution in [-0.2, 0) is 17.1 Å². The fourth-order valence-corrected chi connectivity index (χ4v) is 4.77. The zero-order valence-electron chi connectivity index (χ0n) is 18.4. The van der Waals surface area contributed by atoms with Crippen molar-refractivity contribution in [2.45, 2.75) is 37.3 Å². The summed E-state index contributed by atoms with van der Waals surface area (Å²) in [6, 6.07) is 4.90. The van der Waals surface area contributed by atoms with E-state index < -0.39 is 46.9 Å². The number of alkyl halides is 6. The number of anilines is 1. The molecule has 2 aromatic rings. The van der Waals surface area contributed by atoms with E-state index in [4.69, 9.17) is 5.84 Å². The minimum atomic E-state index is -5.11. The molecule has 0 spiro atoms. The SMILES string of the molecule is NN(C(=O)C(c1ccccc1F)N1CCN2CCC[C@@H]2C1)c1cc(C(F)(F)F)cc(C(F)(F)F)c1. The number of carbonyl (C=O) groups excluding carboxylic acids is 1. The number of amides is 1. The van der Waals surface area contributed by atoms with E-state index in [0.29, 0.717) is 31.8 Å². The fraction of sp³-hybridized carbons (Fsp3) is 0.435. The molecule has 2 saturated heterocycles. The van der Waals surface area contributed by atoms with Crippen LogP contribution in [0.25, 0.3) is 0 Å². The molecule has 4 rings (SSSR count). The lowest BCUT2D eigenvalue weighted by molar-refractivity contribution is -0.143. The van der Waals surface area contributed by atoms with Gasteiger partial charge in [0.05, 0.1) is 16.8 Å². The Morgan fingerprint density at radius 1 is 0.971 bits per heavy atom. The molecule has 2 heterocycles. The highest BCUT2D eigenvalue weighted by Crippen LogP contribution is 2.39. The molecule has 0 aliphatic carbocycles. The topological polar surface area (TPSA) is 52.8 Å². The van der Waals surface area contributed by atoms with E-state index in [9.17, 15) is 35.5 Å². The maximum Gasteiger partial charge on any atom is 0.416 e. The second-order valence-electron chi connectivity index (χ2n) is 8.72. The number of halogens is 7. The van der Waals surface area contributed by atoms with Crippen LogP contribution in [0.1, 0.15) is 35.6 Å². The van der Waals surface area contributed by atoms with Crippen molar-refractivity contribution in [3.05, 3.63) is 65.0 Å². The van der Waals surface area contributed by atoms with Gasteiger partial charge >= 0.3 is 12.4 Å². The van der Waals surface area contributed by atoms with Crippen LogP contribution in [0.4, 0.5) is 36.4 Å². The Kier molecular flexibility index (Phi) is 6.82. The number of fused-ring (bicyclic) bond motifs is 1. The Balaban J connectivity index is 1.74. The van der Waals surface area contributed by atoms with Crippen molar-refractivity contribution in [1.82, 2.24) is 9.80 Å². The van der Waals surface area contributed by atoms with Gasteiger partial charge in [-0.25, -0.2) is 15.2 Å². The summed E-state index contributed by atoms with van der Waals surface area (Å²) in [6.45, 7) is 2.22. The molecule has 2 aromatic carbocycles. The van der Waals surface area contributed by atoms with Gasteiger partial charge in [0.1, 0.15) is 11.9 Å². The number of nitrogens with two attached hydrogens (primary N) is 1. The highest BCUT2D eigenvalue weighted by Gasteiger charge is 2.41. The summed E-state index contributed by atoms with van der Waals surface area (Å²) < 4.78 is 94.7. The van der Waals surface area contributed by atoms with Gasteiger partial charge in [-0.15, -0.1) is 0 Å². The highest BCUT2D eigenvalue weighted by atomic mass is 19.4. The van der Waals surface area contributed by atoms with E-state index in [0.717, 1.165) is 25.5 Å². The molecule has 0 bridgehead atoms. The predicted molar refractivity (Wildman–Crippen MR) is 113 cm³/mol. The van der Waals surface area contributed by atoms with Crippen LogP contribution in [0.3, 0.4) is 0 Å². The van der Waals surface area contributed by atoms with Gasteiger partial charge in [0.15, 0.2) is 0 Å². The zero-order chi connectivity index (χ0) is 25.5. The van der Waals surface area contributed by atoms with E-state index in [1.54, 1.807) is 4.90 Å². The van der Waals surface area contributed by atoms with Crippen LogP contribution < -0.4 is 10.9 Å². The van der Waals surface area contributed by atoms with Crippen molar-refractivity contribution < 1.29 is 35.5 Å². The van der Waals surface area contributed by atoms with Crippen LogP contribution in [0.2, 0.25) is 0 Å². The van der Waals surface area contributed by atoms with Gasteiger partial charge in [-0.05, 0) is 43.7 Å². The van der Waals surface area contributed by atoms with Gasteiger partial charge in [-0.2, -0.15) is 26.3 Å². The monoisotopic (exact) mass is 504 g/mol. The summed E-state index contributed by atoms with van der Waals surface area (Å²) >= 11 is 0. The molecule has 1 amide bonds. The quantitative estimate of drug-likeness (QED) is 0.287. The third-order valence-electron chi connectivity index (χ3n) is 6.51. The molecule has 12 heteroatoms. The lowest BCUT2D eigenvalue weighted by atomic mass is 10.00. The Bertz CT molecular complexity index is 1060. The largest absolute Gasteiger partial charge is 0.416 e. The number of benzene rings is 2. The Labute approximate surface area is 196 Å². The van der Waals surface area contributed by atoms with E-state index in [1.165, 1.54) is 18.2 Å². The molecule has 2 aliphatic rings. The number of hydrogen-bond acceptors (Lipinski definition) is 4. The molecule has 190 valence electrons. The van der Waals surface area contributed by atoms with Crippen molar-refractivity contribution in [2.24, 2.45) is 5.84 Å². The molecule has 0 aromatic heterocycles. The second kappa shape index (κ2) is 9.40. The lowest BCUT2D eigenvalue weighted by Crippen LogP contribution is -2.55. The fourth-order valence-electron chi connectivity index (χ4n) is 4.77. The molecule has 2 aliphatic heterocycles. The summed E-state index contributed by atoms with van der Waals surface area (Å²) in [4.78, 5) is 17.5. The van der Waals surface area contributed by atoms with Crippen molar-refractivity contribution >= 4 is 11.6 Å². The van der Waals surface area contributed by atoms with Gasteiger partial charge in [0, 0.05) is 31.2 Å². The summed E-state index contributed by atoms with van der Waals surface area (Å²) in [5.74, 6) is 4.09. The van der Waals surface area contributed by atoms with E-state index in [1.807, 2.05) is 0 Å². The number of piperazine rings is 1. The Hall–Kier alpha value is -2.70. The minimum Gasteiger partial charge on any atom is -0.298 e. The normalized spacial score (nSPS) is 20.5. The maximum absolute atomic E-state index is 14.8. The van der Waals surface area contributed by atoms with Crippen LogP contribution in [-0.4, -0.2) is 47.9 Å². The number of hydrogen-bond donors (Lipinski definition) is 1. The van der Waals surface area contributed by atoms with E-state index in [2.05, 4.69) is 4.90 Å². The molecular weight excluding hydrogens is 481 g/mol. The first kappa shape index (κ1) is 25.4. The number of carbonyl (C=O) groups is 1. The summed E-state index contributed by atoms with van der Waals surface area (Å²) in [5.41, 5.74) is -4.06. The van der Waals surface area contributed by atoms with Crippen LogP contribution in [0.15, 0.2) is 42.5 Å². The smallest absolute Gasteiger partial charge is 0.298 e. The number of rotatable bonds is 4. The minimum absolute atomic E-state index is 0.0462. The van der Waals surface area contributed by atoms with Crippen LogP contribution in [0.5, 0.6) is 0 Å². The molecule has 2 N–H and O–H groups in total. The summed E-state index contributed by atoms with van der Waals surface area (Å²) in [7, 11) is 0. The molecule has 2 fully saturated rings. The predicted octanol–water partition coefficient (Wildman–Crippen LogP) is 4.59. The van der Waals surface area contributed by atoms with Crippen molar-refractivity contribution in [3.8, 4) is 0 Å². The van der Waals surface area contributed by atoms with Gasteiger partial charge in [-0.3, -0.25) is 14.6 Å². The number of hydrazine groups is 1. The first-order valence-electron chi connectivity index (χ1n) is 11.0. The molecule has 5 nitrogen and oxygen atoms in total. The first-order valence-corrected chi connectivity index (χ1v) is 11.0. The van der Waals surface area contributed by atoms with Crippen LogP contribution in [0, 0.1) is 5.82 Å². The van der Waals surface area contributed by atoms with Crippen molar-refractivity contribution in [1.29, 1.82) is 0 Å². The Morgan fingerprint density at radius 2 is 1.60 bits per heavy atom. The van der Waals surface area contributed by atoms with Gasteiger partial charge in [-0.1, -0.05) is 18.2 Å². The molecular formula is C23H23F7N4O. The third-order valence-corrected chi connectivity index (χ3v) is 6.51. The lowest BCUT2D eigenvalue weighted by Gasteiger charge is -2.42. The van der Waals surface area contributed by atoms with Gasteiger partial charge in [0.2, 0.25) is 0 Å². The van der Waals surface area contributed by atoms with Gasteiger partial charge < -0.3 is 0 Å². The molecule has 0 saturated carbocycles. The maximum atomic E-state index is 14.8. The van der Waals surface area contributed by atoms with E-state index in [-0.39, 0.29) is 22.7 Å². The van der Waals surface area contributed by atoms with Crippen LogP contribution >= 0.6 is 0 Å². The molecule has 0 radical (unpaired) electrons. The summed E-state index contributed by atoms with van der Waals surface area (Å²) in [5, 5.41) is 0.253. The molecule has 35 heavy (non-hydrogen) atoms. The second-order valence-corrected chi connectivity index (χ2v) is 8.72. The summed E-state index contributed by atoms with van der Waals surface area (Å²) in [6.07, 6.45) is -8.39. The average Bonchev–Trinajstić information content (AvgIpc) is 3.26. The number of nitrogens with zero attached hydrogens (tertiary/aromatic N) is 3.